The highest BCUT2D eigenvalue weighted by atomic mass is 32.2. The minimum atomic E-state index is -4.87. The number of ether oxygens (including phenoxy) is 1. The van der Waals surface area contributed by atoms with Crippen LogP contribution in [0.4, 0.5) is 45.5 Å². The highest BCUT2D eigenvalue weighted by molar-refractivity contribution is 7.86. The molecule has 0 saturated heterocycles. The second kappa shape index (κ2) is 13.7. The molecule has 256 valence electrons. The summed E-state index contributed by atoms with van der Waals surface area (Å²) in [5.74, 6) is -0.438. The Morgan fingerprint density at radius 2 is 1.32 bits per heavy atom. The molecule has 0 heterocycles. The third kappa shape index (κ3) is 7.42. The predicted octanol–water partition coefficient (Wildman–Crippen LogP) is 8.09. The Balaban J connectivity index is 1.54. The van der Waals surface area contributed by atoms with Gasteiger partial charge < -0.3 is 15.6 Å². The number of hydrogen-bond acceptors (Lipinski definition) is 15. The summed E-state index contributed by atoms with van der Waals surface area (Å²) in [6.45, 7) is 1.66. The monoisotopic (exact) mass is 720 g/mol. The van der Waals surface area contributed by atoms with Crippen LogP contribution in [0.25, 0.3) is 10.8 Å². The molecule has 0 aliphatic rings. The van der Waals surface area contributed by atoms with Crippen LogP contribution >= 0.6 is 0 Å². The lowest BCUT2D eigenvalue weighted by atomic mass is 10.1. The highest BCUT2D eigenvalue weighted by Gasteiger charge is 2.23. The van der Waals surface area contributed by atoms with E-state index in [1.807, 2.05) is 0 Å². The van der Waals surface area contributed by atoms with Gasteiger partial charge in [-0.1, -0.05) is 18.2 Å². The maximum Gasteiger partial charge on any atom is 0.296 e. The first-order valence-corrected chi connectivity index (χ1v) is 16.8. The van der Waals surface area contributed by atoms with Gasteiger partial charge in [0, 0.05) is 23.6 Å². The van der Waals surface area contributed by atoms with E-state index in [4.69, 9.17) is 10.5 Å². The average Bonchev–Trinajstić information content (AvgIpc) is 3.06. The molecule has 0 amide bonds. The van der Waals surface area contributed by atoms with Crippen LogP contribution in [0, 0.1) is 17.0 Å². The molecule has 0 aromatic heterocycles. The Labute approximate surface area is 283 Å². The van der Waals surface area contributed by atoms with Crippen molar-refractivity contribution < 1.29 is 40.7 Å². The number of fused-ring (bicyclic) bond motifs is 1. The first-order valence-electron chi connectivity index (χ1n) is 13.9. The van der Waals surface area contributed by atoms with Gasteiger partial charge in [0.25, 0.3) is 25.9 Å². The summed E-state index contributed by atoms with van der Waals surface area (Å²) in [6.07, 6.45) is 0. The lowest BCUT2D eigenvalue weighted by Gasteiger charge is -2.12. The number of phenolic OH excluding ortho intramolecular Hbond substituents is 1. The van der Waals surface area contributed by atoms with Crippen molar-refractivity contribution in [2.75, 3.05) is 12.8 Å². The van der Waals surface area contributed by atoms with Gasteiger partial charge in [-0.3, -0.25) is 19.2 Å². The number of nitrogens with zero attached hydrogens (tertiary/aromatic N) is 7. The molecule has 0 atom stereocenters. The molecule has 0 fully saturated rings. The number of aryl methyl sites for hydroxylation is 1. The number of non-ortho nitro benzene ring substituents is 1. The lowest BCUT2D eigenvalue weighted by Crippen LogP contribution is -2.00. The third-order valence-electron chi connectivity index (χ3n) is 7.02. The van der Waals surface area contributed by atoms with Gasteiger partial charge in [-0.25, -0.2) is 0 Å². The summed E-state index contributed by atoms with van der Waals surface area (Å²) in [5.41, 5.74) is 6.49. The second-order valence-corrected chi connectivity index (χ2v) is 13.0. The van der Waals surface area contributed by atoms with E-state index in [0.717, 1.165) is 6.07 Å². The summed E-state index contributed by atoms with van der Waals surface area (Å²) in [7, 11) is -8.08. The van der Waals surface area contributed by atoms with Crippen molar-refractivity contribution in [3.63, 3.8) is 0 Å². The van der Waals surface area contributed by atoms with E-state index in [1.165, 1.54) is 79.9 Å². The highest BCUT2D eigenvalue weighted by Crippen LogP contribution is 2.46. The number of nitrogen functional groups attached to an aromatic ring is 1. The molecule has 20 heteroatoms. The molecular formula is C30H24N8O10S2. The van der Waals surface area contributed by atoms with Crippen molar-refractivity contribution in [2.24, 2.45) is 30.7 Å². The molecule has 0 unspecified atom stereocenters. The van der Waals surface area contributed by atoms with Gasteiger partial charge in [0.15, 0.2) is 5.75 Å². The number of nitro benzene ring substituents is 1. The van der Waals surface area contributed by atoms with E-state index >= 15 is 0 Å². The minimum absolute atomic E-state index is 0.0242. The normalized spacial score (nSPS) is 12.4. The van der Waals surface area contributed by atoms with Gasteiger partial charge in [-0.15, -0.1) is 20.5 Å². The molecule has 0 aliphatic heterocycles. The van der Waals surface area contributed by atoms with E-state index in [2.05, 4.69) is 30.7 Å². The van der Waals surface area contributed by atoms with Crippen molar-refractivity contribution >= 4 is 76.5 Å². The summed E-state index contributed by atoms with van der Waals surface area (Å²) in [4.78, 5) is 9.24. The number of anilines is 1. The minimum Gasteiger partial charge on any atom is -0.505 e. The van der Waals surface area contributed by atoms with Crippen molar-refractivity contribution in [2.45, 2.75) is 16.7 Å². The van der Waals surface area contributed by atoms with Crippen LogP contribution in [-0.2, 0) is 20.2 Å². The van der Waals surface area contributed by atoms with Crippen LogP contribution in [0.2, 0.25) is 0 Å². The van der Waals surface area contributed by atoms with Gasteiger partial charge >= 0.3 is 0 Å². The van der Waals surface area contributed by atoms with Gasteiger partial charge in [-0.05, 0) is 55.0 Å². The number of nitro groups is 1. The van der Waals surface area contributed by atoms with Crippen molar-refractivity contribution in [3.05, 3.63) is 94.5 Å². The Morgan fingerprint density at radius 3 is 1.96 bits per heavy atom. The molecule has 0 bridgehead atoms. The zero-order chi connectivity index (χ0) is 36.4. The third-order valence-corrected chi connectivity index (χ3v) is 8.81. The van der Waals surface area contributed by atoms with E-state index in [-0.39, 0.29) is 56.3 Å². The van der Waals surface area contributed by atoms with Gasteiger partial charge in [0.1, 0.15) is 38.3 Å². The molecular weight excluding hydrogens is 697 g/mol. The zero-order valence-electron chi connectivity index (χ0n) is 25.7. The lowest BCUT2D eigenvalue weighted by molar-refractivity contribution is -0.384. The van der Waals surface area contributed by atoms with Crippen molar-refractivity contribution in [1.29, 1.82) is 0 Å². The largest absolute Gasteiger partial charge is 0.505 e. The first-order chi connectivity index (χ1) is 23.6. The molecule has 5 N–H and O–H groups in total. The topological polar surface area (TPSA) is 282 Å². The number of methoxy groups -OCH3 is 1. The number of rotatable bonds is 10. The Hall–Kier alpha value is -6.22. The molecule has 18 nitrogen and oxygen atoms in total. The molecule has 5 aromatic rings. The van der Waals surface area contributed by atoms with Crippen LogP contribution in [0.15, 0.2) is 119 Å². The number of phenols is 1. The summed E-state index contributed by atoms with van der Waals surface area (Å²) < 4.78 is 72.8. The zero-order valence-corrected chi connectivity index (χ0v) is 27.4. The van der Waals surface area contributed by atoms with Crippen molar-refractivity contribution in [1.82, 2.24) is 0 Å². The Bertz CT molecular complexity index is 2490. The standard InChI is InChI=1S/C30H24N8O10S2/c1-16-13-23(25(48-2)14-22(16)35-33-20-5-3-4-6-26(20)49(42,43)44)36-34-21-12-11-19-27(50(45,46)47)15-24(30(39)28(19)29(21)31)37-32-17-7-9-18(10-8-17)38(40)41/h3-15,39H,31H2,1-2H3,(H,42,43,44)(H,45,46,47). The fourth-order valence-corrected chi connectivity index (χ4v) is 5.91. The van der Waals surface area contributed by atoms with E-state index in [9.17, 15) is 41.2 Å². The maximum absolute atomic E-state index is 12.3. The van der Waals surface area contributed by atoms with E-state index < -0.39 is 46.4 Å². The summed E-state index contributed by atoms with van der Waals surface area (Å²) >= 11 is 0. The smallest absolute Gasteiger partial charge is 0.296 e. The van der Waals surface area contributed by atoms with Crippen LogP contribution in [0.1, 0.15) is 5.56 Å². The second-order valence-electron chi connectivity index (χ2n) is 10.3. The van der Waals surface area contributed by atoms with Crippen LogP contribution in [0.3, 0.4) is 0 Å². The fraction of sp³-hybridized carbons (Fsp3) is 0.0667. The number of aromatic hydroxyl groups is 1. The van der Waals surface area contributed by atoms with Crippen molar-refractivity contribution in [3.8, 4) is 11.5 Å². The molecule has 0 radical (unpaired) electrons. The fourth-order valence-electron chi connectivity index (χ4n) is 4.58. The van der Waals surface area contributed by atoms with Crippen LogP contribution < -0.4 is 10.5 Å². The van der Waals surface area contributed by atoms with Gasteiger partial charge in [0.05, 0.1) is 34.5 Å². The average molecular weight is 721 g/mol. The first kappa shape index (κ1) is 35.1. The summed E-state index contributed by atoms with van der Waals surface area (Å²) in [5, 5.41) is 45.8. The summed E-state index contributed by atoms with van der Waals surface area (Å²) in [6, 6.07) is 16.8. The quantitative estimate of drug-likeness (QED) is 0.0351. The number of hydrogen-bond donors (Lipinski definition) is 4. The Kier molecular flexibility index (Phi) is 9.63. The van der Waals surface area contributed by atoms with E-state index in [1.54, 1.807) is 6.92 Å². The van der Waals surface area contributed by atoms with E-state index in [0.29, 0.717) is 5.56 Å². The van der Waals surface area contributed by atoms with Gasteiger partial charge in [0.2, 0.25) is 0 Å². The Morgan fingerprint density at radius 1 is 0.720 bits per heavy atom. The van der Waals surface area contributed by atoms with Crippen LogP contribution in [-0.4, -0.2) is 43.1 Å². The van der Waals surface area contributed by atoms with Crippen LogP contribution in [0.5, 0.6) is 11.5 Å². The predicted molar refractivity (Wildman–Crippen MR) is 179 cm³/mol. The number of nitrogens with two attached hydrogens (primary N) is 1. The maximum atomic E-state index is 12.3. The number of azo groups is 3. The molecule has 0 spiro atoms. The molecule has 5 rings (SSSR count). The van der Waals surface area contributed by atoms with Gasteiger partial charge in [-0.2, -0.15) is 27.1 Å². The molecule has 0 saturated carbocycles. The molecule has 5 aromatic carbocycles. The number of benzene rings is 5. The molecule has 0 aliphatic carbocycles. The molecule has 50 heavy (non-hydrogen) atoms. The SMILES string of the molecule is COc1cc(N=Nc2ccccc2S(=O)(=O)O)c(C)cc1N=Nc1ccc2c(S(=O)(=O)O)cc(N=Nc3ccc([N+](=O)[O-])cc3)c(O)c2c1N.